The van der Waals surface area contributed by atoms with Gasteiger partial charge in [-0.25, -0.2) is 0 Å². The van der Waals surface area contributed by atoms with E-state index in [1.165, 1.54) is 0 Å². The van der Waals surface area contributed by atoms with E-state index in [1.807, 2.05) is 25.1 Å². The lowest BCUT2D eigenvalue weighted by atomic mass is 10.1. The second-order valence-corrected chi connectivity index (χ2v) is 6.60. The number of aliphatic carboxylic acids is 1. The van der Waals surface area contributed by atoms with E-state index in [0.29, 0.717) is 0 Å². The summed E-state index contributed by atoms with van der Waals surface area (Å²) in [4.78, 5) is 13.7. The molecule has 0 saturated heterocycles. The first-order chi connectivity index (χ1) is 6.91. The molecule has 0 aliphatic rings. The summed E-state index contributed by atoms with van der Waals surface area (Å²) < 4.78 is 1.97. The van der Waals surface area contributed by atoms with E-state index in [9.17, 15) is 4.79 Å². The molecule has 15 heavy (non-hydrogen) atoms. The fourth-order valence-corrected chi connectivity index (χ4v) is 3.52. The maximum absolute atomic E-state index is 10.7. The Morgan fingerprint density at radius 2 is 2.20 bits per heavy atom. The van der Waals surface area contributed by atoms with Gasteiger partial charge in [-0.3, -0.25) is 4.79 Å². The van der Waals surface area contributed by atoms with Crippen molar-refractivity contribution in [2.24, 2.45) is 0 Å². The van der Waals surface area contributed by atoms with Gasteiger partial charge in [-0.2, -0.15) is 0 Å². The molecular formula is C9H11Br2NO2S. The number of carboxylic acids is 1. The minimum absolute atomic E-state index is 0.0740. The molecule has 0 amide bonds. The summed E-state index contributed by atoms with van der Waals surface area (Å²) in [6.07, 6.45) is 0.117. The predicted octanol–water partition coefficient (Wildman–Crippen LogP) is 3.35. The highest BCUT2D eigenvalue weighted by molar-refractivity contribution is 9.13. The van der Waals surface area contributed by atoms with E-state index in [2.05, 4.69) is 31.9 Å². The van der Waals surface area contributed by atoms with Gasteiger partial charge < -0.3 is 10.0 Å². The SMILES string of the molecule is CN(C)C(CC(=O)O)c1cc(Br)c(Br)s1. The fourth-order valence-electron chi connectivity index (χ4n) is 1.23. The van der Waals surface area contributed by atoms with Crippen molar-refractivity contribution in [3.8, 4) is 0 Å². The smallest absolute Gasteiger partial charge is 0.305 e. The monoisotopic (exact) mass is 355 g/mol. The number of nitrogens with zero attached hydrogens (tertiary/aromatic N) is 1. The Labute approximate surface area is 109 Å². The number of halogens is 2. The van der Waals surface area contributed by atoms with E-state index in [1.54, 1.807) is 11.3 Å². The molecule has 1 unspecified atom stereocenters. The van der Waals surface area contributed by atoms with Crippen molar-refractivity contribution in [3.05, 3.63) is 19.2 Å². The number of hydrogen-bond acceptors (Lipinski definition) is 3. The van der Waals surface area contributed by atoms with Gasteiger partial charge >= 0.3 is 5.97 Å². The lowest BCUT2D eigenvalue weighted by Gasteiger charge is -2.21. The summed E-state index contributed by atoms with van der Waals surface area (Å²) in [6, 6.07) is 1.89. The maximum Gasteiger partial charge on any atom is 0.305 e. The zero-order valence-corrected chi connectivity index (χ0v) is 12.3. The Kier molecular flexibility index (Phi) is 4.76. The first-order valence-corrected chi connectivity index (χ1v) is 6.65. The minimum atomic E-state index is -0.783. The molecule has 0 aliphatic heterocycles. The Bertz CT molecular complexity index is 345. The Morgan fingerprint density at radius 1 is 1.60 bits per heavy atom. The molecule has 1 atom stereocenters. The van der Waals surface area contributed by atoms with Crippen LogP contribution >= 0.6 is 43.2 Å². The van der Waals surface area contributed by atoms with E-state index >= 15 is 0 Å². The van der Waals surface area contributed by atoms with Crippen LogP contribution in [0.5, 0.6) is 0 Å². The highest BCUT2D eigenvalue weighted by atomic mass is 79.9. The average molecular weight is 357 g/mol. The molecule has 1 aromatic rings. The normalized spacial score (nSPS) is 13.1. The van der Waals surface area contributed by atoms with Gasteiger partial charge in [-0.05, 0) is 52.0 Å². The highest BCUT2D eigenvalue weighted by Gasteiger charge is 2.20. The molecular weight excluding hydrogens is 346 g/mol. The Morgan fingerprint density at radius 3 is 2.53 bits per heavy atom. The lowest BCUT2D eigenvalue weighted by Crippen LogP contribution is -2.21. The van der Waals surface area contributed by atoms with Crippen molar-refractivity contribution < 1.29 is 9.90 Å². The molecule has 6 heteroatoms. The van der Waals surface area contributed by atoms with Gasteiger partial charge in [0.2, 0.25) is 0 Å². The molecule has 0 aromatic carbocycles. The topological polar surface area (TPSA) is 40.5 Å². The van der Waals surface area contributed by atoms with Crippen LogP contribution in [0.25, 0.3) is 0 Å². The third-order valence-corrected chi connectivity index (χ3v) is 5.34. The summed E-state index contributed by atoms with van der Waals surface area (Å²) in [5, 5.41) is 8.82. The summed E-state index contributed by atoms with van der Waals surface area (Å²) in [5.74, 6) is -0.783. The van der Waals surface area contributed by atoms with Crippen molar-refractivity contribution in [1.29, 1.82) is 0 Å². The van der Waals surface area contributed by atoms with E-state index < -0.39 is 5.97 Å². The summed E-state index contributed by atoms with van der Waals surface area (Å²) >= 11 is 8.36. The van der Waals surface area contributed by atoms with Crippen molar-refractivity contribution in [3.63, 3.8) is 0 Å². The number of hydrogen-bond donors (Lipinski definition) is 1. The van der Waals surface area contributed by atoms with Crippen LogP contribution in [0.15, 0.2) is 14.3 Å². The first-order valence-electron chi connectivity index (χ1n) is 4.24. The van der Waals surface area contributed by atoms with Gasteiger partial charge in [-0.1, -0.05) is 0 Å². The van der Waals surface area contributed by atoms with Gasteiger partial charge in [0.1, 0.15) is 0 Å². The zero-order chi connectivity index (χ0) is 11.6. The van der Waals surface area contributed by atoms with Gasteiger partial charge in [-0.15, -0.1) is 11.3 Å². The Balaban J connectivity index is 2.93. The quantitative estimate of drug-likeness (QED) is 0.899. The second kappa shape index (κ2) is 5.43. The largest absolute Gasteiger partial charge is 0.481 e. The van der Waals surface area contributed by atoms with E-state index in [-0.39, 0.29) is 12.5 Å². The van der Waals surface area contributed by atoms with Crippen LogP contribution in [0.1, 0.15) is 17.3 Å². The third kappa shape index (κ3) is 3.55. The zero-order valence-electron chi connectivity index (χ0n) is 8.33. The van der Waals surface area contributed by atoms with E-state index in [4.69, 9.17) is 5.11 Å². The molecule has 1 N–H and O–H groups in total. The molecule has 0 spiro atoms. The van der Waals surface area contributed by atoms with Crippen LogP contribution in [-0.4, -0.2) is 30.1 Å². The molecule has 1 aromatic heterocycles. The van der Waals surface area contributed by atoms with Crippen molar-refractivity contribution in [2.75, 3.05) is 14.1 Å². The summed E-state index contributed by atoms with van der Waals surface area (Å²) in [7, 11) is 3.77. The number of carboxylic acid groups (broad SMARTS) is 1. The molecule has 0 bridgehead atoms. The number of thiophene rings is 1. The van der Waals surface area contributed by atoms with Crippen LogP contribution in [0, 0.1) is 0 Å². The van der Waals surface area contributed by atoms with Crippen LogP contribution in [0.4, 0.5) is 0 Å². The highest BCUT2D eigenvalue weighted by Crippen LogP contribution is 2.37. The average Bonchev–Trinajstić information content (AvgIpc) is 2.42. The Hall–Kier alpha value is 0.0900. The molecule has 3 nitrogen and oxygen atoms in total. The molecule has 0 saturated carbocycles. The summed E-state index contributed by atoms with van der Waals surface area (Å²) in [5.41, 5.74) is 0. The molecule has 1 heterocycles. The minimum Gasteiger partial charge on any atom is -0.481 e. The van der Waals surface area contributed by atoms with Gasteiger partial charge in [0.15, 0.2) is 0 Å². The second-order valence-electron chi connectivity index (χ2n) is 3.35. The predicted molar refractivity (Wildman–Crippen MR) is 68.4 cm³/mol. The van der Waals surface area contributed by atoms with Gasteiger partial charge in [0, 0.05) is 9.35 Å². The van der Waals surface area contributed by atoms with Crippen molar-refractivity contribution >= 4 is 49.2 Å². The van der Waals surface area contributed by atoms with Gasteiger partial charge in [0.05, 0.1) is 16.2 Å². The molecule has 84 valence electrons. The third-order valence-electron chi connectivity index (χ3n) is 1.98. The molecule has 0 fully saturated rings. The van der Waals surface area contributed by atoms with Crippen LogP contribution in [-0.2, 0) is 4.79 Å². The van der Waals surface area contributed by atoms with Crippen molar-refractivity contribution in [1.82, 2.24) is 4.90 Å². The van der Waals surface area contributed by atoms with Crippen LogP contribution < -0.4 is 0 Å². The summed E-state index contributed by atoms with van der Waals surface area (Å²) in [6.45, 7) is 0. The van der Waals surface area contributed by atoms with Crippen molar-refractivity contribution in [2.45, 2.75) is 12.5 Å². The van der Waals surface area contributed by atoms with E-state index in [0.717, 1.165) is 13.1 Å². The fraction of sp³-hybridized carbons (Fsp3) is 0.444. The number of rotatable bonds is 4. The van der Waals surface area contributed by atoms with Gasteiger partial charge in [0.25, 0.3) is 0 Å². The molecule has 0 radical (unpaired) electrons. The standard InChI is InChI=1S/C9H11Br2NO2S/c1-12(2)6(4-8(13)14)7-3-5(10)9(11)15-7/h3,6H,4H2,1-2H3,(H,13,14). The first kappa shape index (κ1) is 13.2. The molecule has 1 rings (SSSR count). The van der Waals surface area contributed by atoms with Crippen LogP contribution in [0.2, 0.25) is 0 Å². The number of carbonyl (C=O) groups is 1. The maximum atomic E-state index is 10.7. The lowest BCUT2D eigenvalue weighted by molar-refractivity contribution is -0.138. The molecule has 0 aliphatic carbocycles. The van der Waals surface area contributed by atoms with Crippen LogP contribution in [0.3, 0.4) is 0 Å².